The zero-order chi connectivity index (χ0) is 18.1. The van der Waals surface area contributed by atoms with Crippen molar-refractivity contribution in [1.82, 2.24) is 5.32 Å². The van der Waals surface area contributed by atoms with Gasteiger partial charge in [0.05, 0.1) is 19.3 Å². The minimum absolute atomic E-state index is 0.292. The van der Waals surface area contributed by atoms with Gasteiger partial charge in [-0.2, -0.15) is 0 Å². The van der Waals surface area contributed by atoms with E-state index in [0.717, 1.165) is 5.56 Å². The van der Waals surface area contributed by atoms with Gasteiger partial charge in [-0.1, -0.05) is 30.3 Å². The molecule has 6 nitrogen and oxygen atoms in total. The first-order valence-electron chi connectivity index (χ1n) is 7.92. The number of amides is 1. The molecule has 132 valence electrons. The number of rotatable bonds is 8. The van der Waals surface area contributed by atoms with Gasteiger partial charge >= 0.3 is 5.97 Å². The molecule has 1 amide bonds. The third kappa shape index (κ3) is 5.53. The van der Waals surface area contributed by atoms with Crippen molar-refractivity contribution in [3.05, 3.63) is 59.7 Å². The number of nitrogens with one attached hydrogen (secondary N) is 1. The van der Waals surface area contributed by atoms with Crippen LogP contribution in [0.3, 0.4) is 0 Å². The normalized spacial score (nSPS) is 10.0. The summed E-state index contributed by atoms with van der Waals surface area (Å²) in [4.78, 5) is 23.9. The number of hydrogen-bond acceptors (Lipinski definition) is 5. The number of carbonyl (C=O) groups is 2. The smallest absolute Gasteiger partial charge is 0.338 e. The maximum atomic E-state index is 12.1. The van der Waals surface area contributed by atoms with E-state index in [1.165, 1.54) is 13.2 Å². The van der Waals surface area contributed by atoms with Gasteiger partial charge in [0.2, 0.25) is 0 Å². The Bertz CT molecular complexity index is 715. The zero-order valence-electron chi connectivity index (χ0n) is 14.3. The summed E-state index contributed by atoms with van der Waals surface area (Å²) in [6.07, 6.45) is 0. The predicted molar refractivity (Wildman–Crippen MR) is 92.7 cm³/mol. The summed E-state index contributed by atoms with van der Waals surface area (Å²) in [7, 11) is 1.52. The van der Waals surface area contributed by atoms with Crippen molar-refractivity contribution in [2.45, 2.75) is 13.5 Å². The Balaban J connectivity index is 1.87. The first-order valence-corrected chi connectivity index (χ1v) is 7.92. The summed E-state index contributed by atoms with van der Waals surface area (Å²) >= 11 is 0. The fraction of sp³-hybridized carbons (Fsp3) is 0.263. The van der Waals surface area contributed by atoms with E-state index in [2.05, 4.69) is 5.32 Å². The van der Waals surface area contributed by atoms with Crippen LogP contribution in [0.1, 0.15) is 22.8 Å². The SMILES string of the molecule is CCOc1cc(C(=O)OCC(=O)NCc2ccccc2)ccc1OC. The van der Waals surface area contributed by atoms with E-state index in [4.69, 9.17) is 14.2 Å². The molecular weight excluding hydrogens is 322 g/mol. The summed E-state index contributed by atoms with van der Waals surface area (Å²) in [5, 5.41) is 2.69. The molecule has 0 aliphatic carbocycles. The van der Waals surface area contributed by atoms with Gasteiger partial charge in [-0.3, -0.25) is 4.79 Å². The first kappa shape index (κ1) is 18.3. The maximum Gasteiger partial charge on any atom is 0.338 e. The molecule has 2 aromatic carbocycles. The summed E-state index contributed by atoms with van der Waals surface area (Å²) in [6.45, 7) is 2.31. The second kappa shape index (κ2) is 9.32. The molecule has 0 radical (unpaired) electrons. The molecule has 0 aliphatic rings. The van der Waals surface area contributed by atoms with E-state index in [9.17, 15) is 9.59 Å². The molecule has 0 atom stereocenters. The van der Waals surface area contributed by atoms with Gasteiger partial charge in [0.25, 0.3) is 5.91 Å². The molecule has 2 rings (SSSR count). The Kier molecular flexibility index (Phi) is 6.83. The first-order chi connectivity index (χ1) is 12.1. The topological polar surface area (TPSA) is 73.9 Å². The second-order valence-electron chi connectivity index (χ2n) is 5.14. The molecule has 0 aromatic heterocycles. The molecule has 0 saturated carbocycles. The van der Waals surface area contributed by atoms with Crippen molar-refractivity contribution in [1.29, 1.82) is 0 Å². The van der Waals surface area contributed by atoms with Crippen LogP contribution in [0, 0.1) is 0 Å². The van der Waals surface area contributed by atoms with Crippen LogP contribution in [0.5, 0.6) is 11.5 Å². The summed E-state index contributed by atoms with van der Waals surface area (Å²) < 4.78 is 15.6. The minimum atomic E-state index is -0.599. The number of methoxy groups -OCH3 is 1. The molecule has 25 heavy (non-hydrogen) atoms. The number of hydrogen-bond donors (Lipinski definition) is 1. The average Bonchev–Trinajstić information content (AvgIpc) is 2.65. The molecule has 0 spiro atoms. The van der Waals surface area contributed by atoms with E-state index < -0.39 is 5.97 Å². The maximum absolute atomic E-state index is 12.1. The highest BCUT2D eigenvalue weighted by molar-refractivity contribution is 5.92. The van der Waals surface area contributed by atoms with E-state index in [1.54, 1.807) is 12.1 Å². The number of carbonyl (C=O) groups excluding carboxylic acids is 2. The Labute approximate surface area is 146 Å². The van der Waals surface area contributed by atoms with Crippen LogP contribution in [-0.2, 0) is 16.1 Å². The van der Waals surface area contributed by atoms with Crippen molar-refractivity contribution >= 4 is 11.9 Å². The van der Waals surface area contributed by atoms with Crippen molar-refractivity contribution in [2.75, 3.05) is 20.3 Å². The lowest BCUT2D eigenvalue weighted by atomic mass is 10.2. The highest BCUT2D eigenvalue weighted by atomic mass is 16.5. The van der Waals surface area contributed by atoms with Crippen LogP contribution in [0.25, 0.3) is 0 Å². The number of ether oxygens (including phenoxy) is 3. The van der Waals surface area contributed by atoms with E-state index in [1.807, 2.05) is 37.3 Å². The van der Waals surface area contributed by atoms with Crippen LogP contribution in [0.15, 0.2) is 48.5 Å². The molecule has 0 fully saturated rings. The average molecular weight is 343 g/mol. The van der Waals surface area contributed by atoms with Crippen LogP contribution in [0.2, 0.25) is 0 Å². The highest BCUT2D eigenvalue weighted by Gasteiger charge is 2.14. The van der Waals surface area contributed by atoms with Crippen molar-refractivity contribution in [2.24, 2.45) is 0 Å². The Morgan fingerprint density at radius 2 is 1.80 bits per heavy atom. The van der Waals surface area contributed by atoms with E-state index >= 15 is 0 Å². The molecular formula is C19H21NO5. The van der Waals surface area contributed by atoms with E-state index in [0.29, 0.717) is 30.2 Å². The van der Waals surface area contributed by atoms with Crippen molar-refractivity contribution in [3.8, 4) is 11.5 Å². The second-order valence-corrected chi connectivity index (χ2v) is 5.14. The molecule has 6 heteroatoms. The van der Waals surface area contributed by atoms with Crippen LogP contribution >= 0.6 is 0 Å². The fourth-order valence-corrected chi connectivity index (χ4v) is 2.13. The van der Waals surface area contributed by atoms with Gasteiger partial charge in [0.15, 0.2) is 18.1 Å². The summed E-state index contributed by atoms with van der Waals surface area (Å²) in [5.41, 5.74) is 1.26. The Morgan fingerprint density at radius 1 is 1.04 bits per heavy atom. The van der Waals surface area contributed by atoms with Crippen molar-refractivity contribution < 1.29 is 23.8 Å². The molecule has 1 N–H and O–H groups in total. The van der Waals surface area contributed by atoms with Gasteiger partial charge in [-0.05, 0) is 30.7 Å². The standard InChI is InChI=1S/C19H21NO5/c1-3-24-17-11-15(9-10-16(17)23-2)19(22)25-13-18(21)20-12-14-7-5-4-6-8-14/h4-11H,3,12-13H2,1-2H3,(H,20,21). The van der Waals surface area contributed by atoms with Gasteiger partial charge in [0, 0.05) is 6.54 Å². The van der Waals surface area contributed by atoms with Crippen LogP contribution in [0.4, 0.5) is 0 Å². The lowest BCUT2D eigenvalue weighted by Crippen LogP contribution is -2.28. The summed E-state index contributed by atoms with van der Waals surface area (Å²) in [6, 6.07) is 14.2. The lowest BCUT2D eigenvalue weighted by Gasteiger charge is -2.11. The molecule has 2 aromatic rings. The Hall–Kier alpha value is -3.02. The molecule has 0 bridgehead atoms. The highest BCUT2D eigenvalue weighted by Crippen LogP contribution is 2.28. The minimum Gasteiger partial charge on any atom is -0.493 e. The Morgan fingerprint density at radius 3 is 2.48 bits per heavy atom. The quantitative estimate of drug-likeness (QED) is 0.746. The number of benzene rings is 2. The van der Waals surface area contributed by atoms with E-state index in [-0.39, 0.29) is 12.5 Å². The monoisotopic (exact) mass is 343 g/mol. The zero-order valence-corrected chi connectivity index (χ0v) is 14.3. The molecule has 0 saturated heterocycles. The largest absolute Gasteiger partial charge is 0.493 e. The summed E-state index contributed by atoms with van der Waals surface area (Å²) in [5.74, 6) is 0.0150. The third-order valence-electron chi connectivity index (χ3n) is 3.37. The van der Waals surface area contributed by atoms with Gasteiger partial charge in [-0.25, -0.2) is 4.79 Å². The van der Waals surface area contributed by atoms with Gasteiger partial charge in [-0.15, -0.1) is 0 Å². The number of esters is 1. The van der Waals surface area contributed by atoms with Crippen molar-refractivity contribution in [3.63, 3.8) is 0 Å². The van der Waals surface area contributed by atoms with Crippen LogP contribution in [-0.4, -0.2) is 32.2 Å². The van der Waals surface area contributed by atoms with Crippen LogP contribution < -0.4 is 14.8 Å². The fourth-order valence-electron chi connectivity index (χ4n) is 2.13. The predicted octanol–water partition coefficient (Wildman–Crippen LogP) is 2.57. The lowest BCUT2D eigenvalue weighted by molar-refractivity contribution is -0.124. The van der Waals surface area contributed by atoms with Gasteiger partial charge < -0.3 is 19.5 Å². The molecule has 0 heterocycles. The van der Waals surface area contributed by atoms with Gasteiger partial charge in [0.1, 0.15) is 0 Å². The molecule has 0 aliphatic heterocycles. The molecule has 0 unspecified atom stereocenters. The third-order valence-corrected chi connectivity index (χ3v) is 3.37.